The van der Waals surface area contributed by atoms with Crippen LogP contribution in [0.2, 0.25) is 0 Å². The van der Waals surface area contributed by atoms with Gasteiger partial charge in [0.25, 0.3) is 0 Å². The Morgan fingerprint density at radius 3 is 2.22 bits per heavy atom. The summed E-state index contributed by atoms with van der Waals surface area (Å²) in [5, 5.41) is 3.84. The van der Waals surface area contributed by atoms with Gasteiger partial charge in [0.05, 0.1) is 0 Å². The molecule has 0 saturated heterocycles. The summed E-state index contributed by atoms with van der Waals surface area (Å²) in [5.74, 6) is 1.02. The van der Waals surface area contributed by atoms with Crippen LogP contribution in [0.25, 0.3) is 0 Å². The van der Waals surface area contributed by atoms with Gasteiger partial charge in [-0.25, -0.2) is 0 Å². The molecule has 0 aromatic rings. The van der Waals surface area contributed by atoms with E-state index in [0.717, 1.165) is 18.5 Å². The lowest BCUT2D eigenvalue weighted by Gasteiger charge is -2.43. The highest BCUT2D eigenvalue weighted by molar-refractivity contribution is 4.91. The van der Waals surface area contributed by atoms with E-state index in [1.165, 1.54) is 70.6 Å². The Bertz CT molecular complexity index is 224. The van der Waals surface area contributed by atoms with Gasteiger partial charge in [-0.3, -0.25) is 0 Å². The summed E-state index contributed by atoms with van der Waals surface area (Å²) < 4.78 is 0. The fraction of sp³-hybridized carbons (Fsp3) is 1.00. The van der Waals surface area contributed by atoms with E-state index in [-0.39, 0.29) is 0 Å². The molecule has 0 aromatic carbocycles. The van der Waals surface area contributed by atoms with E-state index in [1.54, 1.807) is 0 Å². The Morgan fingerprint density at radius 2 is 1.61 bits per heavy atom. The third-order valence-electron chi connectivity index (χ3n) is 5.58. The van der Waals surface area contributed by atoms with E-state index in [2.05, 4.69) is 19.2 Å². The van der Waals surface area contributed by atoms with E-state index < -0.39 is 0 Å². The maximum Gasteiger partial charge on any atom is 0.0123 e. The van der Waals surface area contributed by atoms with Crippen LogP contribution in [0.3, 0.4) is 0 Å². The van der Waals surface area contributed by atoms with Crippen molar-refractivity contribution in [2.24, 2.45) is 11.3 Å². The largest absolute Gasteiger partial charge is 0.314 e. The molecule has 1 N–H and O–H groups in total. The fourth-order valence-corrected chi connectivity index (χ4v) is 4.32. The quantitative estimate of drug-likeness (QED) is 0.732. The minimum Gasteiger partial charge on any atom is -0.314 e. The molecule has 2 aliphatic carbocycles. The zero-order valence-electron chi connectivity index (χ0n) is 12.6. The molecule has 0 radical (unpaired) electrons. The van der Waals surface area contributed by atoms with Crippen LogP contribution < -0.4 is 5.32 Å². The molecule has 0 amide bonds. The molecule has 1 unspecified atom stereocenters. The molecule has 1 atom stereocenters. The van der Waals surface area contributed by atoms with Crippen molar-refractivity contribution in [3.05, 3.63) is 0 Å². The zero-order valence-corrected chi connectivity index (χ0v) is 12.6. The first-order valence-electron chi connectivity index (χ1n) is 8.48. The van der Waals surface area contributed by atoms with Gasteiger partial charge >= 0.3 is 0 Å². The van der Waals surface area contributed by atoms with Crippen LogP contribution >= 0.6 is 0 Å². The van der Waals surface area contributed by atoms with Crippen LogP contribution in [0.15, 0.2) is 0 Å². The molecule has 0 aliphatic heterocycles. The predicted octanol–water partition coefficient (Wildman–Crippen LogP) is 4.91. The Balaban J connectivity index is 1.92. The minimum absolute atomic E-state index is 0.589. The van der Waals surface area contributed by atoms with Crippen molar-refractivity contribution < 1.29 is 0 Å². The van der Waals surface area contributed by atoms with Gasteiger partial charge in [0.1, 0.15) is 0 Å². The summed E-state index contributed by atoms with van der Waals surface area (Å²) in [6.45, 7) is 5.98. The Morgan fingerprint density at radius 1 is 1.00 bits per heavy atom. The second-order valence-electron chi connectivity index (χ2n) is 7.06. The molecule has 0 aromatic heterocycles. The van der Waals surface area contributed by atoms with E-state index >= 15 is 0 Å². The second-order valence-corrected chi connectivity index (χ2v) is 7.06. The van der Waals surface area contributed by atoms with Gasteiger partial charge in [-0.05, 0) is 37.1 Å². The average molecular weight is 251 g/mol. The number of rotatable bonds is 5. The zero-order chi connectivity index (χ0) is 12.8. The molecule has 2 rings (SSSR count). The van der Waals surface area contributed by atoms with Crippen LogP contribution in [-0.4, -0.2) is 12.6 Å². The SMILES string of the molecule is CCNC(CC1CCCCC1)C1(C)CCCCC1. The highest BCUT2D eigenvalue weighted by Crippen LogP contribution is 2.42. The maximum atomic E-state index is 3.84. The van der Waals surface area contributed by atoms with Crippen molar-refractivity contribution in [2.75, 3.05) is 6.54 Å². The standard InChI is InChI=1S/C17H33N/c1-3-18-16(14-15-10-6-4-7-11-15)17(2)12-8-5-9-13-17/h15-16,18H,3-14H2,1-2H3. The van der Waals surface area contributed by atoms with Crippen molar-refractivity contribution in [2.45, 2.75) is 90.5 Å². The smallest absolute Gasteiger partial charge is 0.0123 e. The van der Waals surface area contributed by atoms with Gasteiger partial charge in [-0.1, -0.05) is 65.2 Å². The monoisotopic (exact) mass is 251 g/mol. The Hall–Kier alpha value is -0.0400. The third kappa shape index (κ3) is 3.73. The number of hydrogen-bond donors (Lipinski definition) is 1. The van der Waals surface area contributed by atoms with Crippen LogP contribution in [0, 0.1) is 11.3 Å². The first kappa shape index (κ1) is 14.4. The summed E-state index contributed by atoms with van der Waals surface area (Å²) in [6.07, 6.45) is 16.2. The molecule has 106 valence electrons. The van der Waals surface area contributed by atoms with Gasteiger partial charge in [0.2, 0.25) is 0 Å². The Labute approximate surface area is 114 Å². The lowest BCUT2D eigenvalue weighted by molar-refractivity contribution is 0.118. The summed E-state index contributed by atoms with van der Waals surface area (Å²) in [5.41, 5.74) is 0.589. The molecule has 0 bridgehead atoms. The molecule has 18 heavy (non-hydrogen) atoms. The average Bonchev–Trinajstić information content (AvgIpc) is 2.40. The molecule has 2 saturated carbocycles. The lowest BCUT2D eigenvalue weighted by Crippen LogP contribution is -2.46. The minimum atomic E-state index is 0.589. The number of hydrogen-bond acceptors (Lipinski definition) is 1. The van der Waals surface area contributed by atoms with E-state index in [4.69, 9.17) is 0 Å². The number of nitrogens with one attached hydrogen (secondary N) is 1. The van der Waals surface area contributed by atoms with Crippen molar-refractivity contribution in [1.29, 1.82) is 0 Å². The third-order valence-corrected chi connectivity index (χ3v) is 5.58. The van der Waals surface area contributed by atoms with Crippen molar-refractivity contribution in [3.63, 3.8) is 0 Å². The molecule has 1 heteroatoms. The fourth-order valence-electron chi connectivity index (χ4n) is 4.32. The highest BCUT2D eigenvalue weighted by atomic mass is 14.9. The van der Waals surface area contributed by atoms with Crippen LogP contribution in [0.5, 0.6) is 0 Å². The van der Waals surface area contributed by atoms with Crippen LogP contribution in [0.1, 0.15) is 84.5 Å². The first-order valence-corrected chi connectivity index (χ1v) is 8.48. The summed E-state index contributed by atoms with van der Waals surface area (Å²) in [4.78, 5) is 0. The second kappa shape index (κ2) is 6.93. The molecule has 2 fully saturated rings. The van der Waals surface area contributed by atoms with E-state index in [1.807, 2.05) is 0 Å². The molecular weight excluding hydrogens is 218 g/mol. The van der Waals surface area contributed by atoms with Gasteiger partial charge in [-0.15, -0.1) is 0 Å². The van der Waals surface area contributed by atoms with Gasteiger partial charge in [-0.2, -0.15) is 0 Å². The topological polar surface area (TPSA) is 12.0 Å². The summed E-state index contributed by atoms with van der Waals surface area (Å²) in [7, 11) is 0. The van der Waals surface area contributed by atoms with Crippen molar-refractivity contribution in [1.82, 2.24) is 5.32 Å². The normalized spacial score (nSPS) is 27.0. The maximum absolute atomic E-state index is 3.84. The molecule has 1 nitrogen and oxygen atoms in total. The van der Waals surface area contributed by atoms with E-state index in [9.17, 15) is 0 Å². The van der Waals surface area contributed by atoms with E-state index in [0.29, 0.717) is 5.41 Å². The van der Waals surface area contributed by atoms with Crippen molar-refractivity contribution in [3.8, 4) is 0 Å². The molecule has 0 heterocycles. The molecular formula is C17H33N. The predicted molar refractivity (Wildman–Crippen MR) is 79.8 cm³/mol. The summed E-state index contributed by atoms with van der Waals surface area (Å²) in [6, 6.07) is 0.783. The van der Waals surface area contributed by atoms with Gasteiger partial charge in [0.15, 0.2) is 0 Å². The van der Waals surface area contributed by atoms with Crippen LogP contribution in [0.4, 0.5) is 0 Å². The van der Waals surface area contributed by atoms with Crippen molar-refractivity contribution >= 4 is 0 Å². The van der Waals surface area contributed by atoms with Crippen LogP contribution in [-0.2, 0) is 0 Å². The molecule has 0 spiro atoms. The Kier molecular flexibility index (Phi) is 5.54. The van der Waals surface area contributed by atoms with Gasteiger partial charge < -0.3 is 5.32 Å². The molecule has 2 aliphatic rings. The summed E-state index contributed by atoms with van der Waals surface area (Å²) >= 11 is 0. The first-order chi connectivity index (χ1) is 8.74. The highest BCUT2D eigenvalue weighted by Gasteiger charge is 2.36. The van der Waals surface area contributed by atoms with Gasteiger partial charge in [0, 0.05) is 6.04 Å². The lowest BCUT2D eigenvalue weighted by atomic mass is 9.67.